The van der Waals surface area contributed by atoms with Crippen LogP contribution in [0.4, 0.5) is 4.39 Å². The summed E-state index contributed by atoms with van der Waals surface area (Å²) in [6.07, 6.45) is 0. The van der Waals surface area contributed by atoms with Gasteiger partial charge >= 0.3 is 5.97 Å². The van der Waals surface area contributed by atoms with Gasteiger partial charge in [-0.1, -0.05) is 11.2 Å². The second-order valence-electron chi connectivity index (χ2n) is 5.23. The van der Waals surface area contributed by atoms with Gasteiger partial charge in [0.25, 0.3) is 5.89 Å². The summed E-state index contributed by atoms with van der Waals surface area (Å²) in [5, 5.41) is 23.1. The number of rotatable bonds is 4. The third-order valence-corrected chi connectivity index (χ3v) is 3.46. The van der Waals surface area contributed by atoms with Gasteiger partial charge in [-0.2, -0.15) is 4.98 Å². The number of aromatic nitrogens is 2. The van der Waals surface area contributed by atoms with Gasteiger partial charge in [0, 0.05) is 5.56 Å². The van der Waals surface area contributed by atoms with E-state index < -0.39 is 17.5 Å². The number of benzene rings is 2. The molecule has 2 N–H and O–H groups in total. The van der Waals surface area contributed by atoms with E-state index in [-0.39, 0.29) is 29.6 Å². The van der Waals surface area contributed by atoms with Crippen molar-refractivity contribution >= 4 is 5.97 Å². The van der Waals surface area contributed by atoms with E-state index in [1.165, 1.54) is 36.4 Å². The topological polar surface area (TPSA) is 106 Å². The highest BCUT2D eigenvalue weighted by Gasteiger charge is 2.18. The van der Waals surface area contributed by atoms with Gasteiger partial charge in [-0.15, -0.1) is 0 Å². The van der Waals surface area contributed by atoms with Gasteiger partial charge in [0.15, 0.2) is 18.1 Å². The summed E-state index contributed by atoms with van der Waals surface area (Å²) in [4.78, 5) is 16.0. The lowest BCUT2D eigenvalue weighted by Crippen LogP contribution is -2.06. The van der Waals surface area contributed by atoms with E-state index in [1.807, 2.05) is 0 Å². The Labute approximate surface area is 141 Å². The van der Waals surface area contributed by atoms with E-state index >= 15 is 0 Å². The predicted octanol–water partition coefficient (Wildman–Crippen LogP) is 2.95. The minimum atomic E-state index is -0.846. The molecule has 0 amide bonds. The number of aromatic hydroxyl groups is 2. The molecule has 8 heteroatoms. The van der Waals surface area contributed by atoms with Crippen molar-refractivity contribution in [3.8, 4) is 23.0 Å². The zero-order valence-corrected chi connectivity index (χ0v) is 13.1. The smallest absolute Gasteiger partial charge is 0.342 e. The van der Waals surface area contributed by atoms with E-state index in [1.54, 1.807) is 6.92 Å². The van der Waals surface area contributed by atoms with Gasteiger partial charge in [-0.3, -0.25) is 0 Å². The summed E-state index contributed by atoms with van der Waals surface area (Å²) >= 11 is 0. The van der Waals surface area contributed by atoms with Gasteiger partial charge in [-0.25, -0.2) is 9.18 Å². The standard InChI is InChI=1S/C17H13FN2O5/c1-9-2-7-12(15(22)14(9)21)17(23)24-8-13-19-16(25-20-13)10-3-5-11(18)6-4-10/h2-7,21-22H,8H2,1H3. The SMILES string of the molecule is Cc1ccc(C(=O)OCc2noc(-c3ccc(F)cc3)n2)c(O)c1O. The summed E-state index contributed by atoms with van der Waals surface area (Å²) < 4.78 is 22.9. The first-order chi connectivity index (χ1) is 12.0. The summed E-state index contributed by atoms with van der Waals surface area (Å²) in [5.74, 6) is -1.91. The zero-order valence-electron chi connectivity index (χ0n) is 13.1. The maximum atomic E-state index is 12.9. The normalized spacial score (nSPS) is 10.6. The molecule has 0 saturated carbocycles. The molecule has 25 heavy (non-hydrogen) atoms. The fourth-order valence-electron chi connectivity index (χ4n) is 2.08. The molecule has 0 spiro atoms. The zero-order chi connectivity index (χ0) is 18.0. The summed E-state index contributed by atoms with van der Waals surface area (Å²) in [7, 11) is 0. The molecule has 0 aliphatic heterocycles. The summed E-state index contributed by atoms with van der Waals surface area (Å²) in [5.41, 5.74) is 0.772. The van der Waals surface area contributed by atoms with Crippen LogP contribution in [0.3, 0.4) is 0 Å². The van der Waals surface area contributed by atoms with Crippen molar-refractivity contribution in [2.24, 2.45) is 0 Å². The first-order valence-electron chi connectivity index (χ1n) is 7.23. The van der Waals surface area contributed by atoms with E-state index in [9.17, 15) is 19.4 Å². The van der Waals surface area contributed by atoms with Crippen LogP contribution in [-0.2, 0) is 11.3 Å². The largest absolute Gasteiger partial charge is 0.504 e. The molecule has 0 aliphatic carbocycles. The molecule has 1 heterocycles. The van der Waals surface area contributed by atoms with Gasteiger partial charge in [0.2, 0.25) is 5.82 Å². The number of carbonyl (C=O) groups is 1. The van der Waals surface area contributed by atoms with Crippen molar-refractivity contribution in [1.82, 2.24) is 10.1 Å². The Kier molecular flexibility index (Phi) is 4.34. The lowest BCUT2D eigenvalue weighted by atomic mass is 10.1. The number of carbonyl (C=O) groups excluding carboxylic acids is 1. The van der Waals surface area contributed by atoms with Crippen LogP contribution in [0, 0.1) is 12.7 Å². The molecule has 0 radical (unpaired) electrons. The summed E-state index contributed by atoms with van der Waals surface area (Å²) in [6, 6.07) is 8.29. The van der Waals surface area contributed by atoms with Gasteiger partial charge in [-0.05, 0) is 42.8 Å². The number of hydrogen-bond acceptors (Lipinski definition) is 7. The van der Waals surface area contributed by atoms with Crippen LogP contribution in [0.15, 0.2) is 40.9 Å². The Hall–Kier alpha value is -3.42. The lowest BCUT2D eigenvalue weighted by molar-refractivity contribution is 0.0455. The molecule has 2 aromatic carbocycles. The predicted molar refractivity (Wildman–Crippen MR) is 83.3 cm³/mol. The van der Waals surface area contributed by atoms with E-state index in [0.29, 0.717) is 11.1 Å². The van der Waals surface area contributed by atoms with Crippen LogP contribution in [-0.4, -0.2) is 26.3 Å². The Balaban J connectivity index is 1.69. The number of esters is 1. The quantitative estimate of drug-likeness (QED) is 0.553. The summed E-state index contributed by atoms with van der Waals surface area (Å²) in [6.45, 7) is 1.29. The molecule has 0 saturated heterocycles. The Bertz CT molecular complexity index is 921. The van der Waals surface area contributed by atoms with Gasteiger partial charge in [0.1, 0.15) is 11.4 Å². The van der Waals surface area contributed by atoms with Crippen LogP contribution >= 0.6 is 0 Å². The van der Waals surface area contributed by atoms with E-state index in [2.05, 4.69) is 10.1 Å². The molecule has 0 bridgehead atoms. The van der Waals surface area contributed by atoms with Crippen LogP contribution in [0.2, 0.25) is 0 Å². The molecule has 1 aromatic heterocycles. The second kappa shape index (κ2) is 6.60. The molecular weight excluding hydrogens is 331 g/mol. The van der Waals surface area contributed by atoms with Crippen molar-refractivity contribution in [2.45, 2.75) is 13.5 Å². The molecular formula is C17H13FN2O5. The molecule has 3 aromatic rings. The van der Waals surface area contributed by atoms with E-state index in [4.69, 9.17) is 9.26 Å². The average Bonchev–Trinajstić information content (AvgIpc) is 3.07. The first-order valence-corrected chi connectivity index (χ1v) is 7.23. The fraction of sp³-hybridized carbons (Fsp3) is 0.118. The van der Waals surface area contributed by atoms with Crippen LogP contribution < -0.4 is 0 Å². The van der Waals surface area contributed by atoms with Crippen molar-refractivity contribution < 1.29 is 28.7 Å². The van der Waals surface area contributed by atoms with Gasteiger partial charge < -0.3 is 19.5 Å². The first kappa shape index (κ1) is 16.4. The molecule has 0 atom stereocenters. The number of nitrogens with zero attached hydrogens (tertiary/aromatic N) is 2. The van der Waals surface area contributed by atoms with Crippen LogP contribution in [0.1, 0.15) is 21.7 Å². The van der Waals surface area contributed by atoms with Crippen molar-refractivity contribution in [3.05, 3.63) is 59.2 Å². The highest BCUT2D eigenvalue weighted by Crippen LogP contribution is 2.32. The highest BCUT2D eigenvalue weighted by molar-refractivity contribution is 5.93. The molecule has 3 rings (SSSR count). The van der Waals surface area contributed by atoms with Crippen LogP contribution in [0.5, 0.6) is 11.5 Å². The maximum absolute atomic E-state index is 12.9. The number of halogens is 1. The molecule has 128 valence electrons. The van der Waals surface area contributed by atoms with Crippen LogP contribution in [0.25, 0.3) is 11.5 Å². The molecule has 0 fully saturated rings. The minimum absolute atomic E-state index is 0.100. The van der Waals surface area contributed by atoms with Gasteiger partial charge in [0.05, 0.1) is 0 Å². The lowest BCUT2D eigenvalue weighted by Gasteiger charge is -2.07. The Morgan fingerprint density at radius 2 is 1.88 bits per heavy atom. The number of ether oxygens (including phenoxy) is 1. The Morgan fingerprint density at radius 1 is 1.16 bits per heavy atom. The third-order valence-electron chi connectivity index (χ3n) is 3.46. The molecule has 0 aliphatic rings. The number of phenols is 2. The highest BCUT2D eigenvalue weighted by atomic mass is 19.1. The minimum Gasteiger partial charge on any atom is -0.504 e. The Morgan fingerprint density at radius 3 is 2.60 bits per heavy atom. The molecule has 7 nitrogen and oxygen atoms in total. The molecule has 0 unspecified atom stereocenters. The third kappa shape index (κ3) is 3.42. The average molecular weight is 344 g/mol. The maximum Gasteiger partial charge on any atom is 0.342 e. The number of hydrogen-bond donors (Lipinski definition) is 2. The second-order valence-corrected chi connectivity index (χ2v) is 5.23. The number of phenolic OH excluding ortho intramolecular Hbond substituents is 2. The monoisotopic (exact) mass is 344 g/mol. The van der Waals surface area contributed by atoms with E-state index in [0.717, 1.165) is 0 Å². The fourth-order valence-corrected chi connectivity index (χ4v) is 2.08. The van der Waals surface area contributed by atoms with Crippen molar-refractivity contribution in [1.29, 1.82) is 0 Å². The number of aryl methyl sites for hydroxylation is 1. The van der Waals surface area contributed by atoms with Crippen molar-refractivity contribution in [3.63, 3.8) is 0 Å². The van der Waals surface area contributed by atoms with Crippen molar-refractivity contribution in [2.75, 3.05) is 0 Å².